The molecule has 24 heavy (non-hydrogen) atoms. The second-order valence-electron chi connectivity index (χ2n) is 5.12. The van der Waals surface area contributed by atoms with Crippen molar-refractivity contribution >= 4 is 17.3 Å². The average molecular weight is 330 g/mol. The van der Waals surface area contributed by atoms with E-state index in [2.05, 4.69) is 15.4 Å². The summed E-state index contributed by atoms with van der Waals surface area (Å²) in [5.41, 5.74) is 1.03. The Morgan fingerprint density at radius 2 is 1.96 bits per heavy atom. The lowest BCUT2D eigenvalue weighted by molar-refractivity contribution is 0.0946. The fraction of sp³-hybridized carbons (Fsp3) is 0.125. The third-order valence-corrected chi connectivity index (χ3v) is 3.39. The highest BCUT2D eigenvalue weighted by Crippen LogP contribution is 2.10. The van der Waals surface area contributed by atoms with E-state index in [9.17, 15) is 18.4 Å². The molecule has 0 aliphatic rings. The fourth-order valence-electron chi connectivity index (χ4n) is 2.20. The predicted molar refractivity (Wildman–Crippen MR) is 80.5 cm³/mol. The van der Waals surface area contributed by atoms with Gasteiger partial charge in [-0.2, -0.15) is 5.10 Å². The molecule has 0 bridgehead atoms. The van der Waals surface area contributed by atoms with E-state index >= 15 is 0 Å². The van der Waals surface area contributed by atoms with E-state index in [1.54, 1.807) is 6.07 Å². The minimum Gasteiger partial charge on any atom is -0.347 e. The lowest BCUT2D eigenvalue weighted by atomic mass is 10.2. The molecule has 1 aromatic carbocycles. The van der Waals surface area contributed by atoms with E-state index in [0.717, 1.165) is 12.1 Å². The molecule has 3 aromatic rings. The molecule has 0 aliphatic carbocycles. The number of rotatable bonds is 4. The second kappa shape index (κ2) is 6.15. The zero-order chi connectivity index (χ0) is 17.3. The van der Waals surface area contributed by atoms with Crippen LogP contribution in [0.5, 0.6) is 0 Å². The number of amides is 1. The number of hydrogen-bond acceptors (Lipinski definition) is 4. The first-order valence-corrected chi connectivity index (χ1v) is 7.03. The molecule has 8 heteroatoms. The van der Waals surface area contributed by atoms with Gasteiger partial charge in [-0.05, 0) is 23.8 Å². The molecule has 0 saturated carbocycles. The maximum Gasteiger partial charge on any atom is 0.270 e. The summed E-state index contributed by atoms with van der Waals surface area (Å²) in [5, 5.41) is 6.53. The van der Waals surface area contributed by atoms with Gasteiger partial charge in [0.15, 0.2) is 23.1 Å². The molecule has 0 fully saturated rings. The molecule has 0 unspecified atom stereocenters. The van der Waals surface area contributed by atoms with Crippen LogP contribution < -0.4 is 5.32 Å². The molecule has 2 heterocycles. The van der Waals surface area contributed by atoms with Crippen LogP contribution in [0, 0.1) is 11.6 Å². The monoisotopic (exact) mass is 330 g/mol. The van der Waals surface area contributed by atoms with Gasteiger partial charge in [0.1, 0.15) is 11.4 Å². The molecule has 3 rings (SSSR count). The van der Waals surface area contributed by atoms with Crippen molar-refractivity contribution in [3.05, 3.63) is 65.1 Å². The van der Waals surface area contributed by atoms with Gasteiger partial charge in [0, 0.05) is 19.5 Å². The van der Waals surface area contributed by atoms with Crippen LogP contribution in [0.3, 0.4) is 0 Å². The first-order chi connectivity index (χ1) is 11.5. The van der Waals surface area contributed by atoms with Gasteiger partial charge in [0.25, 0.3) is 5.91 Å². The van der Waals surface area contributed by atoms with Crippen LogP contribution in [0.15, 0.2) is 36.5 Å². The summed E-state index contributed by atoms with van der Waals surface area (Å²) in [4.78, 5) is 28.0. The minimum atomic E-state index is -0.987. The van der Waals surface area contributed by atoms with Crippen molar-refractivity contribution in [3.8, 4) is 0 Å². The third-order valence-electron chi connectivity index (χ3n) is 3.39. The fourth-order valence-corrected chi connectivity index (χ4v) is 2.20. The van der Waals surface area contributed by atoms with Crippen LogP contribution in [-0.4, -0.2) is 26.3 Å². The van der Waals surface area contributed by atoms with Crippen LogP contribution >= 0.6 is 0 Å². The highest BCUT2D eigenvalue weighted by molar-refractivity contribution is 5.98. The lowest BCUT2D eigenvalue weighted by Crippen LogP contribution is -2.25. The molecular formula is C16H12F2N4O2. The molecule has 0 spiro atoms. The van der Waals surface area contributed by atoms with Crippen molar-refractivity contribution in [1.29, 1.82) is 0 Å². The van der Waals surface area contributed by atoms with Crippen molar-refractivity contribution < 1.29 is 18.4 Å². The zero-order valence-electron chi connectivity index (χ0n) is 12.6. The van der Waals surface area contributed by atoms with E-state index in [1.807, 2.05) is 0 Å². The van der Waals surface area contributed by atoms with Crippen LogP contribution in [0.1, 0.15) is 33.5 Å². The van der Waals surface area contributed by atoms with Gasteiger partial charge < -0.3 is 5.32 Å². The third kappa shape index (κ3) is 2.98. The summed E-state index contributed by atoms with van der Waals surface area (Å²) in [6, 6.07) is 6.26. The highest BCUT2D eigenvalue weighted by atomic mass is 19.2. The summed E-state index contributed by atoms with van der Waals surface area (Å²) in [7, 11) is 0. The summed E-state index contributed by atoms with van der Waals surface area (Å²) in [6.45, 7) is 1.36. The van der Waals surface area contributed by atoms with Gasteiger partial charge in [-0.25, -0.2) is 18.3 Å². The topological polar surface area (TPSA) is 76.4 Å². The Kier molecular flexibility index (Phi) is 4.03. The van der Waals surface area contributed by atoms with Crippen molar-refractivity contribution in [2.45, 2.75) is 13.5 Å². The molecule has 0 radical (unpaired) electrons. The number of nitrogens with zero attached hydrogens (tertiary/aromatic N) is 3. The smallest absolute Gasteiger partial charge is 0.270 e. The summed E-state index contributed by atoms with van der Waals surface area (Å²) >= 11 is 0. The number of carbonyl (C=O) groups excluding carboxylic acids is 2. The Hall–Kier alpha value is -3.16. The van der Waals surface area contributed by atoms with Gasteiger partial charge in [0.2, 0.25) is 0 Å². The Labute approximate surface area is 135 Å². The predicted octanol–water partition coefficient (Wildman–Crippen LogP) is 2.14. The molecule has 2 aromatic heterocycles. The Morgan fingerprint density at radius 1 is 1.17 bits per heavy atom. The maximum absolute atomic E-state index is 13.2. The molecular weight excluding hydrogens is 318 g/mol. The Bertz CT molecular complexity index is 952. The van der Waals surface area contributed by atoms with Gasteiger partial charge >= 0.3 is 0 Å². The molecule has 6 nitrogen and oxygen atoms in total. The average Bonchev–Trinajstić information content (AvgIpc) is 3.03. The summed E-state index contributed by atoms with van der Waals surface area (Å²) < 4.78 is 27.4. The quantitative estimate of drug-likeness (QED) is 0.744. The number of ketones is 1. The molecule has 0 aliphatic heterocycles. The highest BCUT2D eigenvalue weighted by Gasteiger charge is 2.15. The van der Waals surface area contributed by atoms with E-state index < -0.39 is 17.5 Å². The van der Waals surface area contributed by atoms with Crippen LogP contribution in [-0.2, 0) is 6.54 Å². The van der Waals surface area contributed by atoms with Gasteiger partial charge in [-0.3, -0.25) is 9.59 Å². The van der Waals surface area contributed by atoms with Crippen molar-refractivity contribution in [2.75, 3.05) is 0 Å². The number of nitrogens with one attached hydrogen (secondary N) is 1. The largest absolute Gasteiger partial charge is 0.347 e. The SMILES string of the molecule is CC(=O)c1cc(C(=O)NCc2ccc(F)c(F)c2)nc2ccnn12. The van der Waals surface area contributed by atoms with Crippen LogP contribution in [0.25, 0.3) is 5.65 Å². The standard InChI is InChI=1S/C16H12F2N4O2/c1-9(23)14-7-13(21-15-4-5-20-22(14)15)16(24)19-8-10-2-3-11(17)12(18)6-10/h2-7H,8H2,1H3,(H,19,24). The van der Waals surface area contributed by atoms with Crippen molar-refractivity contribution in [3.63, 3.8) is 0 Å². The molecule has 1 N–H and O–H groups in total. The number of halogens is 2. The normalized spacial score (nSPS) is 10.8. The summed E-state index contributed by atoms with van der Waals surface area (Å²) in [5.74, 6) is -2.74. The lowest BCUT2D eigenvalue weighted by Gasteiger charge is -2.07. The number of benzene rings is 1. The first kappa shape index (κ1) is 15.7. The molecule has 1 amide bonds. The Morgan fingerprint density at radius 3 is 2.67 bits per heavy atom. The summed E-state index contributed by atoms with van der Waals surface area (Å²) in [6.07, 6.45) is 1.47. The molecule has 0 saturated heterocycles. The minimum absolute atomic E-state index is 0.00242. The molecule has 0 atom stereocenters. The van der Waals surface area contributed by atoms with Crippen molar-refractivity contribution in [1.82, 2.24) is 19.9 Å². The van der Waals surface area contributed by atoms with E-state index in [1.165, 1.54) is 29.8 Å². The van der Waals surface area contributed by atoms with E-state index in [0.29, 0.717) is 11.2 Å². The van der Waals surface area contributed by atoms with Crippen LogP contribution in [0.4, 0.5) is 8.78 Å². The number of fused-ring (bicyclic) bond motifs is 1. The van der Waals surface area contributed by atoms with E-state index in [4.69, 9.17) is 0 Å². The van der Waals surface area contributed by atoms with Gasteiger partial charge in [-0.1, -0.05) is 6.07 Å². The zero-order valence-corrected chi connectivity index (χ0v) is 12.6. The van der Waals surface area contributed by atoms with Gasteiger partial charge in [-0.15, -0.1) is 0 Å². The van der Waals surface area contributed by atoms with Gasteiger partial charge in [0.05, 0.1) is 6.20 Å². The molecule has 122 valence electrons. The number of Topliss-reactive ketones (excluding diaryl/α,β-unsaturated/α-hetero) is 1. The van der Waals surface area contributed by atoms with Crippen molar-refractivity contribution in [2.24, 2.45) is 0 Å². The second-order valence-corrected chi connectivity index (χ2v) is 5.12. The van der Waals surface area contributed by atoms with Crippen LogP contribution in [0.2, 0.25) is 0 Å². The Balaban J connectivity index is 1.83. The maximum atomic E-state index is 13.2. The number of hydrogen-bond donors (Lipinski definition) is 1. The first-order valence-electron chi connectivity index (χ1n) is 7.03. The number of aromatic nitrogens is 3. The number of carbonyl (C=O) groups is 2. The van der Waals surface area contributed by atoms with E-state index in [-0.39, 0.29) is 23.7 Å².